The molecule has 0 aliphatic carbocycles. The Labute approximate surface area is 166 Å². The maximum atomic E-state index is 12.7. The maximum absolute atomic E-state index is 12.7. The van der Waals surface area contributed by atoms with Crippen LogP contribution in [0.4, 0.5) is 13.2 Å². The quantitative estimate of drug-likeness (QED) is 0.197. The summed E-state index contributed by atoms with van der Waals surface area (Å²) in [7, 11) is 0. The van der Waals surface area contributed by atoms with Crippen LogP contribution in [0.3, 0.4) is 0 Å². The van der Waals surface area contributed by atoms with Gasteiger partial charge in [0.2, 0.25) is 6.04 Å². The fraction of sp³-hybridized carbons (Fsp3) is 0.235. The SMILES string of the molecule is CC(=O)OC(C(N=O)c1cccc(Oc2ccc(C(F)(F)F)cc2Cl)c1)[N+](=O)[O-]. The Balaban J connectivity index is 2.32. The number of halogens is 4. The molecule has 2 atom stereocenters. The van der Waals surface area contributed by atoms with Crippen molar-refractivity contribution in [2.75, 3.05) is 0 Å². The van der Waals surface area contributed by atoms with Crippen LogP contribution in [-0.4, -0.2) is 17.1 Å². The largest absolute Gasteiger partial charge is 0.456 e. The number of carbonyl (C=O) groups excluding carboxylic acids is 1. The van der Waals surface area contributed by atoms with Crippen LogP contribution < -0.4 is 4.74 Å². The molecule has 0 spiro atoms. The number of rotatable bonds is 7. The lowest BCUT2D eigenvalue weighted by atomic mass is 10.1. The molecule has 0 fully saturated rings. The number of ether oxygens (including phenoxy) is 2. The number of nitrogens with zero attached hydrogens (tertiary/aromatic N) is 2. The van der Waals surface area contributed by atoms with E-state index in [1.807, 2.05) is 0 Å². The van der Waals surface area contributed by atoms with E-state index < -0.39 is 34.9 Å². The van der Waals surface area contributed by atoms with Gasteiger partial charge in [-0.1, -0.05) is 23.7 Å². The van der Waals surface area contributed by atoms with Crippen LogP contribution in [0.5, 0.6) is 11.5 Å². The van der Waals surface area contributed by atoms with Crippen LogP contribution in [0.25, 0.3) is 0 Å². The first-order chi connectivity index (χ1) is 13.5. The van der Waals surface area contributed by atoms with E-state index in [4.69, 9.17) is 16.3 Å². The number of nitroso groups, excluding NO2 is 1. The Morgan fingerprint density at radius 1 is 1.24 bits per heavy atom. The molecular weight excluding hydrogens is 421 g/mol. The Morgan fingerprint density at radius 3 is 2.45 bits per heavy atom. The zero-order valence-corrected chi connectivity index (χ0v) is 15.3. The average Bonchev–Trinajstić information content (AvgIpc) is 2.62. The number of hydrogen-bond donors (Lipinski definition) is 0. The molecule has 2 aromatic rings. The third kappa shape index (κ3) is 5.64. The van der Waals surface area contributed by atoms with E-state index in [0.29, 0.717) is 6.07 Å². The van der Waals surface area contributed by atoms with E-state index in [9.17, 15) is 33.0 Å². The molecule has 0 N–H and O–H groups in total. The second-order valence-corrected chi connectivity index (χ2v) is 6.06. The molecule has 0 radical (unpaired) electrons. The van der Waals surface area contributed by atoms with Crippen molar-refractivity contribution in [3.8, 4) is 11.5 Å². The molecule has 154 valence electrons. The van der Waals surface area contributed by atoms with E-state index in [0.717, 1.165) is 19.1 Å². The van der Waals surface area contributed by atoms with Crippen molar-refractivity contribution in [2.24, 2.45) is 5.18 Å². The minimum Gasteiger partial charge on any atom is -0.456 e. The molecule has 0 aromatic heterocycles. The van der Waals surface area contributed by atoms with Gasteiger partial charge >= 0.3 is 18.4 Å². The third-order valence-electron chi connectivity index (χ3n) is 3.56. The Hall–Kier alpha value is -3.21. The van der Waals surface area contributed by atoms with Crippen molar-refractivity contribution in [2.45, 2.75) is 25.4 Å². The first-order valence-electron chi connectivity index (χ1n) is 7.80. The fourth-order valence-electron chi connectivity index (χ4n) is 2.32. The minimum atomic E-state index is -4.58. The molecule has 29 heavy (non-hydrogen) atoms. The highest BCUT2D eigenvalue weighted by atomic mass is 35.5. The maximum Gasteiger partial charge on any atom is 0.416 e. The van der Waals surface area contributed by atoms with E-state index in [1.165, 1.54) is 24.3 Å². The smallest absolute Gasteiger partial charge is 0.416 e. The van der Waals surface area contributed by atoms with Crippen molar-refractivity contribution < 1.29 is 32.4 Å². The molecule has 12 heteroatoms. The van der Waals surface area contributed by atoms with Crippen LogP contribution in [0.15, 0.2) is 47.6 Å². The monoisotopic (exact) mass is 432 g/mol. The van der Waals surface area contributed by atoms with Gasteiger partial charge in [0.1, 0.15) is 11.5 Å². The van der Waals surface area contributed by atoms with E-state index in [-0.39, 0.29) is 22.1 Å². The molecule has 8 nitrogen and oxygen atoms in total. The predicted octanol–water partition coefficient (Wildman–Crippen LogP) is 5.12. The Kier molecular flexibility index (Phi) is 6.75. The topological polar surface area (TPSA) is 108 Å². The van der Waals surface area contributed by atoms with Gasteiger partial charge in [-0.15, -0.1) is 4.91 Å². The molecule has 0 aliphatic rings. The Bertz CT molecular complexity index is 938. The summed E-state index contributed by atoms with van der Waals surface area (Å²) in [6, 6.07) is 6.03. The van der Waals surface area contributed by atoms with Crippen molar-refractivity contribution >= 4 is 17.6 Å². The summed E-state index contributed by atoms with van der Waals surface area (Å²) < 4.78 is 48.1. The first-order valence-corrected chi connectivity index (χ1v) is 8.18. The lowest BCUT2D eigenvalue weighted by Gasteiger charge is -2.16. The van der Waals surface area contributed by atoms with E-state index in [1.54, 1.807) is 0 Å². The predicted molar refractivity (Wildman–Crippen MR) is 94.1 cm³/mol. The third-order valence-corrected chi connectivity index (χ3v) is 3.86. The summed E-state index contributed by atoms with van der Waals surface area (Å²) in [5.41, 5.74) is -0.979. The zero-order valence-electron chi connectivity index (χ0n) is 14.6. The molecule has 2 rings (SSSR count). The van der Waals surface area contributed by atoms with E-state index >= 15 is 0 Å². The number of carbonyl (C=O) groups is 1. The lowest BCUT2D eigenvalue weighted by Crippen LogP contribution is -2.31. The minimum absolute atomic E-state index is 0.0107. The summed E-state index contributed by atoms with van der Waals surface area (Å²) >= 11 is 5.82. The van der Waals surface area contributed by atoms with Gasteiger partial charge in [-0.05, 0) is 41.1 Å². The van der Waals surface area contributed by atoms with Crippen molar-refractivity contribution in [3.63, 3.8) is 0 Å². The number of benzene rings is 2. The number of nitro groups is 1. The molecule has 0 aliphatic heterocycles. The molecule has 0 saturated heterocycles. The van der Waals surface area contributed by atoms with Crippen LogP contribution in [0.2, 0.25) is 5.02 Å². The first kappa shape index (κ1) is 22.1. The van der Waals surface area contributed by atoms with Crippen molar-refractivity contribution in [1.82, 2.24) is 0 Å². The summed E-state index contributed by atoms with van der Waals surface area (Å²) in [6.45, 7) is 0.935. The summed E-state index contributed by atoms with van der Waals surface area (Å²) in [5, 5.41) is 13.5. The summed E-state index contributed by atoms with van der Waals surface area (Å²) in [6.07, 6.45) is -6.64. The van der Waals surface area contributed by atoms with Crippen LogP contribution >= 0.6 is 11.6 Å². The normalized spacial score (nSPS) is 13.3. The second kappa shape index (κ2) is 8.86. The summed E-state index contributed by atoms with van der Waals surface area (Å²) in [5.74, 6) is -1.08. The zero-order chi connectivity index (χ0) is 21.8. The second-order valence-electron chi connectivity index (χ2n) is 5.65. The highest BCUT2D eigenvalue weighted by Gasteiger charge is 2.37. The van der Waals surface area contributed by atoms with Gasteiger partial charge in [-0.3, -0.25) is 14.9 Å². The molecule has 2 aromatic carbocycles. The van der Waals surface area contributed by atoms with Crippen LogP contribution in [0.1, 0.15) is 24.1 Å². The molecule has 0 bridgehead atoms. The highest BCUT2D eigenvalue weighted by molar-refractivity contribution is 6.32. The molecule has 0 saturated carbocycles. The number of esters is 1. The molecule has 2 unspecified atom stereocenters. The van der Waals surface area contributed by atoms with Gasteiger partial charge in [-0.25, -0.2) is 0 Å². The Morgan fingerprint density at radius 2 is 1.93 bits per heavy atom. The lowest BCUT2D eigenvalue weighted by molar-refractivity contribution is -0.572. The van der Waals surface area contributed by atoms with Gasteiger partial charge in [0.25, 0.3) is 0 Å². The summed E-state index contributed by atoms with van der Waals surface area (Å²) in [4.78, 5) is 32.4. The van der Waals surface area contributed by atoms with Crippen LogP contribution in [-0.2, 0) is 15.7 Å². The van der Waals surface area contributed by atoms with Crippen molar-refractivity contribution in [3.05, 3.63) is 73.6 Å². The van der Waals surface area contributed by atoms with Gasteiger partial charge in [0, 0.05) is 6.92 Å². The molecule has 0 amide bonds. The average molecular weight is 433 g/mol. The number of hydrogen-bond acceptors (Lipinski definition) is 7. The van der Waals surface area contributed by atoms with E-state index in [2.05, 4.69) is 9.91 Å². The fourth-order valence-corrected chi connectivity index (χ4v) is 2.54. The molecular formula is C17H12ClF3N2O6. The van der Waals surface area contributed by atoms with Crippen LogP contribution in [0, 0.1) is 15.0 Å². The van der Waals surface area contributed by atoms with Gasteiger partial charge in [0.15, 0.2) is 0 Å². The van der Waals surface area contributed by atoms with Gasteiger partial charge in [-0.2, -0.15) is 13.2 Å². The van der Waals surface area contributed by atoms with Gasteiger partial charge < -0.3 is 9.47 Å². The highest BCUT2D eigenvalue weighted by Crippen LogP contribution is 2.37. The van der Waals surface area contributed by atoms with Gasteiger partial charge in [0.05, 0.1) is 15.5 Å². The van der Waals surface area contributed by atoms with Crippen molar-refractivity contribution in [1.29, 1.82) is 0 Å². The number of alkyl halides is 3. The molecule has 0 heterocycles. The standard InChI is InChI=1S/C17H12ClF3N2O6/c1-9(24)28-16(23(26)27)15(22-25)10-3-2-4-12(7-10)29-14-6-5-11(8-13(14)18)17(19,20)21/h2-8,15-16H,1H3.